The number of carbonyl (C=O) groups is 1. The van der Waals surface area contributed by atoms with Crippen molar-refractivity contribution in [2.75, 3.05) is 27.3 Å². The highest BCUT2D eigenvalue weighted by molar-refractivity contribution is 7.07. The lowest BCUT2D eigenvalue weighted by atomic mass is 9.94. The molecule has 1 amide bonds. The number of carbonyl (C=O) groups excluding carboxylic acids is 1. The molecule has 2 aromatic carbocycles. The van der Waals surface area contributed by atoms with E-state index in [1.54, 1.807) is 23.7 Å². The van der Waals surface area contributed by atoms with E-state index in [2.05, 4.69) is 0 Å². The van der Waals surface area contributed by atoms with Gasteiger partial charge in [0.25, 0.3) is 11.5 Å². The molecule has 0 saturated heterocycles. The zero-order valence-electron chi connectivity index (χ0n) is 20.6. The number of nitrogens with zero attached hydrogens (tertiary/aromatic N) is 3. The van der Waals surface area contributed by atoms with E-state index in [1.165, 1.54) is 11.3 Å². The van der Waals surface area contributed by atoms with Gasteiger partial charge in [0.15, 0.2) is 4.80 Å². The van der Waals surface area contributed by atoms with Crippen LogP contribution < -0.4 is 24.4 Å². The number of hydrogen-bond donors (Lipinski definition) is 0. The molecular formula is C27H29N3O4S. The van der Waals surface area contributed by atoms with Crippen LogP contribution >= 0.6 is 11.3 Å². The van der Waals surface area contributed by atoms with Crippen molar-refractivity contribution in [3.05, 3.63) is 90.6 Å². The number of rotatable bonds is 7. The van der Waals surface area contributed by atoms with E-state index in [4.69, 9.17) is 14.5 Å². The Balaban J connectivity index is 2.01. The Morgan fingerprint density at radius 3 is 2.34 bits per heavy atom. The summed E-state index contributed by atoms with van der Waals surface area (Å²) in [4.78, 5) is 34.5. The second-order valence-electron chi connectivity index (χ2n) is 8.04. The Morgan fingerprint density at radius 1 is 1.06 bits per heavy atom. The number of amides is 1. The topological polar surface area (TPSA) is 73.1 Å². The molecule has 0 saturated carbocycles. The second kappa shape index (κ2) is 10.3. The van der Waals surface area contributed by atoms with Gasteiger partial charge in [-0.05, 0) is 39.0 Å². The Morgan fingerprint density at radius 2 is 1.69 bits per heavy atom. The van der Waals surface area contributed by atoms with Crippen molar-refractivity contribution in [1.29, 1.82) is 0 Å². The van der Waals surface area contributed by atoms with Crippen LogP contribution in [-0.2, 0) is 4.79 Å². The van der Waals surface area contributed by atoms with Gasteiger partial charge in [0.05, 0.1) is 30.0 Å². The van der Waals surface area contributed by atoms with Crippen LogP contribution in [0.25, 0.3) is 6.08 Å². The van der Waals surface area contributed by atoms with Gasteiger partial charge in [0.1, 0.15) is 17.5 Å². The molecular weight excluding hydrogens is 462 g/mol. The molecule has 0 aliphatic carbocycles. The zero-order chi connectivity index (χ0) is 25.1. The van der Waals surface area contributed by atoms with E-state index in [0.29, 0.717) is 45.2 Å². The van der Waals surface area contributed by atoms with E-state index in [0.717, 1.165) is 11.1 Å². The lowest BCUT2D eigenvalue weighted by Crippen LogP contribution is -2.43. The number of aromatic nitrogens is 1. The van der Waals surface area contributed by atoms with Crippen LogP contribution in [0.3, 0.4) is 0 Å². The quantitative estimate of drug-likeness (QED) is 0.509. The number of ether oxygens (including phenoxy) is 2. The fraction of sp³-hybridized carbons (Fsp3) is 0.296. The predicted octanol–water partition coefficient (Wildman–Crippen LogP) is 3.12. The Hall–Kier alpha value is -3.65. The minimum Gasteiger partial charge on any atom is -0.496 e. The van der Waals surface area contributed by atoms with Crippen molar-refractivity contribution >= 4 is 23.3 Å². The van der Waals surface area contributed by atoms with Gasteiger partial charge in [-0.15, -0.1) is 0 Å². The van der Waals surface area contributed by atoms with Crippen molar-refractivity contribution in [1.82, 2.24) is 9.47 Å². The van der Waals surface area contributed by atoms with Crippen molar-refractivity contribution in [3.8, 4) is 11.5 Å². The minimum atomic E-state index is -0.657. The molecule has 35 heavy (non-hydrogen) atoms. The molecule has 2 heterocycles. The number of thiazole rings is 1. The standard InChI is InChI=1S/C27H29N3O4S/c1-6-29(7-2)26(32)23-17(3)28-27-30(24(23)19-13-9-11-15-21(19)34-5)25(31)22(35-27)16-18-12-8-10-14-20(18)33-4/h8-16,24H,6-7H2,1-5H3/b22-16+/t24-/m1/s1. The number of hydrogen-bond acceptors (Lipinski definition) is 6. The summed E-state index contributed by atoms with van der Waals surface area (Å²) >= 11 is 1.30. The normalized spacial score (nSPS) is 15.5. The summed E-state index contributed by atoms with van der Waals surface area (Å²) in [5.74, 6) is 1.15. The van der Waals surface area contributed by atoms with Gasteiger partial charge >= 0.3 is 0 Å². The Bertz CT molecular complexity index is 1460. The van der Waals surface area contributed by atoms with Crippen molar-refractivity contribution in [2.45, 2.75) is 26.8 Å². The molecule has 182 valence electrons. The van der Waals surface area contributed by atoms with Gasteiger partial charge in [0.2, 0.25) is 0 Å². The van der Waals surface area contributed by atoms with Gasteiger partial charge in [-0.25, -0.2) is 4.99 Å². The maximum absolute atomic E-state index is 13.8. The highest BCUT2D eigenvalue weighted by atomic mass is 32.1. The van der Waals surface area contributed by atoms with E-state index >= 15 is 0 Å². The van der Waals surface area contributed by atoms with Crippen LogP contribution in [-0.4, -0.2) is 42.7 Å². The molecule has 0 bridgehead atoms. The van der Waals surface area contributed by atoms with E-state index in [-0.39, 0.29) is 11.5 Å². The fourth-order valence-corrected chi connectivity index (χ4v) is 5.43. The molecule has 1 aliphatic heterocycles. The third kappa shape index (κ3) is 4.41. The minimum absolute atomic E-state index is 0.133. The molecule has 0 N–H and O–H groups in total. The first-order valence-electron chi connectivity index (χ1n) is 11.5. The number of allylic oxidation sites excluding steroid dienone is 1. The smallest absolute Gasteiger partial charge is 0.271 e. The first-order valence-corrected chi connectivity index (χ1v) is 12.3. The zero-order valence-corrected chi connectivity index (χ0v) is 21.4. The van der Waals surface area contributed by atoms with Crippen LogP contribution in [0.5, 0.6) is 11.5 Å². The van der Waals surface area contributed by atoms with Crippen LogP contribution in [0.1, 0.15) is 37.9 Å². The molecule has 1 aliphatic rings. The number of benzene rings is 2. The summed E-state index contributed by atoms with van der Waals surface area (Å²) in [7, 11) is 3.19. The average molecular weight is 492 g/mol. The van der Waals surface area contributed by atoms with Crippen LogP contribution in [0, 0.1) is 0 Å². The van der Waals surface area contributed by atoms with E-state index < -0.39 is 6.04 Å². The average Bonchev–Trinajstić information content (AvgIpc) is 3.18. The summed E-state index contributed by atoms with van der Waals surface area (Å²) < 4.78 is 13.2. The molecule has 7 nitrogen and oxygen atoms in total. The molecule has 0 spiro atoms. The highest BCUT2D eigenvalue weighted by Crippen LogP contribution is 2.36. The molecule has 1 atom stereocenters. The molecule has 0 fully saturated rings. The maximum atomic E-state index is 13.8. The number of fused-ring (bicyclic) bond motifs is 1. The summed E-state index contributed by atoms with van der Waals surface area (Å²) in [6, 6.07) is 14.4. The van der Waals surface area contributed by atoms with E-state index in [1.807, 2.05) is 75.4 Å². The van der Waals surface area contributed by atoms with Gasteiger partial charge in [-0.3, -0.25) is 14.2 Å². The summed E-state index contributed by atoms with van der Waals surface area (Å²) in [6.07, 6.45) is 1.81. The molecule has 3 aromatic rings. The van der Waals surface area contributed by atoms with Crippen LogP contribution in [0.2, 0.25) is 0 Å². The number of methoxy groups -OCH3 is 2. The number of para-hydroxylation sites is 2. The third-order valence-corrected chi connectivity index (χ3v) is 7.14. The molecule has 8 heteroatoms. The third-order valence-electron chi connectivity index (χ3n) is 6.16. The SMILES string of the molecule is CCN(CC)C(=O)C1=C(C)N=c2s/c(=C/c3ccccc3OC)c(=O)n2[C@@H]1c1ccccc1OC. The maximum Gasteiger partial charge on any atom is 0.271 e. The molecule has 0 radical (unpaired) electrons. The Labute approximate surface area is 208 Å². The first kappa shape index (κ1) is 24.5. The van der Waals surface area contributed by atoms with Crippen molar-refractivity contribution in [3.63, 3.8) is 0 Å². The predicted molar refractivity (Wildman–Crippen MR) is 138 cm³/mol. The van der Waals surface area contributed by atoms with Gasteiger partial charge in [0, 0.05) is 24.2 Å². The first-order chi connectivity index (χ1) is 16.9. The summed E-state index contributed by atoms with van der Waals surface area (Å²) in [6.45, 7) is 6.83. The van der Waals surface area contributed by atoms with Crippen molar-refractivity contribution in [2.24, 2.45) is 4.99 Å². The largest absolute Gasteiger partial charge is 0.496 e. The van der Waals surface area contributed by atoms with Crippen LogP contribution in [0.4, 0.5) is 0 Å². The Kier molecular flexibility index (Phi) is 7.21. The summed E-state index contributed by atoms with van der Waals surface area (Å²) in [5.41, 5.74) is 2.40. The lowest BCUT2D eigenvalue weighted by Gasteiger charge is -2.29. The molecule has 1 aromatic heterocycles. The van der Waals surface area contributed by atoms with Gasteiger partial charge in [-0.2, -0.15) is 0 Å². The monoisotopic (exact) mass is 491 g/mol. The second-order valence-corrected chi connectivity index (χ2v) is 9.05. The summed E-state index contributed by atoms with van der Waals surface area (Å²) in [5, 5.41) is 0. The molecule has 4 rings (SSSR count). The highest BCUT2D eigenvalue weighted by Gasteiger charge is 2.35. The fourth-order valence-electron chi connectivity index (χ4n) is 4.39. The number of likely N-dealkylation sites (N-methyl/N-ethyl adjacent to an activating group) is 1. The van der Waals surface area contributed by atoms with Crippen molar-refractivity contribution < 1.29 is 14.3 Å². The molecule has 0 unspecified atom stereocenters. The van der Waals surface area contributed by atoms with E-state index in [9.17, 15) is 9.59 Å². The van der Waals surface area contributed by atoms with Crippen LogP contribution in [0.15, 0.2) is 69.6 Å². The van der Waals surface area contributed by atoms with Gasteiger partial charge < -0.3 is 14.4 Å². The lowest BCUT2D eigenvalue weighted by molar-refractivity contribution is -0.127. The van der Waals surface area contributed by atoms with Gasteiger partial charge in [-0.1, -0.05) is 47.7 Å².